The number of hydrogen-bond donors (Lipinski definition) is 0. The van der Waals surface area contributed by atoms with Gasteiger partial charge >= 0.3 is 0 Å². The average molecular weight is 983 g/mol. The second-order valence-corrected chi connectivity index (χ2v) is 22.4. The molecule has 0 fully saturated rings. The monoisotopic (exact) mass is 982 g/mol. The minimum Gasteiger partial charge on any atom is -0.309 e. The smallest absolute Gasteiger partial charge is 0.154 e. The molecule has 76 heavy (non-hydrogen) atoms. The van der Waals surface area contributed by atoms with E-state index in [1.54, 1.807) is 0 Å². The van der Waals surface area contributed by atoms with Crippen LogP contribution in [0.1, 0.15) is 0 Å². The minimum atomic E-state index is -1.23. The van der Waals surface area contributed by atoms with Crippen molar-refractivity contribution >= 4 is 89.8 Å². The van der Waals surface area contributed by atoms with Gasteiger partial charge in [0, 0.05) is 49.4 Å². The van der Waals surface area contributed by atoms with Crippen molar-refractivity contribution < 1.29 is 0 Å². The molecule has 0 atom stereocenters. The number of fused-ring (bicyclic) bond motifs is 9. The van der Waals surface area contributed by atoms with Crippen LogP contribution in [0.15, 0.2) is 291 Å². The van der Waals surface area contributed by atoms with E-state index in [9.17, 15) is 0 Å². The molecule has 355 valence electrons. The molecule has 0 spiro atoms. The second kappa shape index (κ2) is 18.0. The van der Waals surface area contributed by atoms with Crippen molar-refractivity contribution in [2.24, 2.45) is 0 Å². The van der Waals surface area contributed by atoms with Gasteiger partial charge in [0.2, 0.25) is 0 Å². The lowest BCUT2D eigenvalue weighted by atomic mass is 9.99. The molecule has 12 aromatic carbocycles. The van der Waals surface area contributed by atoms with Crippen LogP contribution < -0.4 is 15.6 Å². The summed E-state index contributed by atoms with van der Waals surface area (Å²) in [5.74, 6) is 0. The Morgan fingerprint density at radius 1 is 0.184 bits per heavy atom. The fraction of sp³-hybridized carbons (Fsp3) is 0. The number of benzene rings is 12. The molecular weight excluding hydrogens is 935 g/mol. The molecule has 3 heterocycles. The van der Waals surface area contributed by atoms with Crippen LogP contribution in [-0.4, -0.2) is 22.5 Å². The van der Waals surface area contributed by atoms with Gasteiger partial charge < -0.3 is 13.7 Å². The van der Waals surface area contributed by atoms with Crippen LogP contribution in [0.25, 0.3) is 116 Å². The van der Waals surface area contributed by atoms with E-state index in [2.05, 4.69) is 305 Å². The predicted molar refractivity (Wildman–Crippen MR) is 323 cm³/mol. The van der Waals surface area contributed by atoms with Gasteiger partial charge in [-0.05, 0) is 106 Å². The molecule has 0 aliphatic carbocycles. The van der Waals surface area contributed by atoms with Crippen molar-refractivity contribution in [1.82, 2.24) is 13.7 Å². The standard InChI is InChI=1S/C72H48N3Si/c1-4-19-49(20-5-1)53-39-41-71-65(46-53)63-29-12-16-33-69(63)74(71)56-43-54(51-37-35-50(36-38-51)52-21-18-26-60(45-52)76(58-22-6-2-7-23-58)59-24-8-3-9-25-59)44-57(47-56)75-70-34-17-13-30-64(70)66-48-55(40-42-72(66)75)73-67-31-14-10-27-61(67)62-28-11-15-32-68(62)73/h1-48H. The van der Waals surface area contributed by atoms with E-state index < -0.39 is 8.80 Å². The normalized spacial score (nSPS) is 11.8. The number of rotatable bonds is 9. The SMILES string of the molecule is c1ccc(-c2ccc3c(c2)c2ccccc2n3-c2cc(-c3ccc(-c4cccc([Si](c5ccccc5)c5ccccc5)c4)cc3)cc(-n3c4ccccc4c4cc(-n5c6ccccc6c6ccccc65)ccc43)c2)cc1. The highest BCUT2D eigenvalue weighted by Gasteiger charge is 2.22. The number of hydrogen-bond acceptors (Lipinski definition) is 0. The van der Waals surface area contributed by atoms with Gasteiger partial charge in [-0.25, -0.2) is 0 Å². The zero-order valence-electron chi connectivity index (χ0n) is 41.6. The average Bonchev–Trinajstić information content (AvgIpc) is 4.19. The summed E-state index contributed by atoms with van der Waals surface area (Å²) >= 11 is 0. The third-order valence-electron chi connectivity index (χ3n) is 15.5. The Labute approximate surface area is 442 Å². The molecule has 15 aromatic rings. The molecule has 1 radical (unpaired) electrons. The highest BCUT2D eigenvalue weighted by molar-refractivity contribution is 6.95. The molecule has 3 nitrogen and oxygen atoms in total. The lowest BCUT2D eigenvalue weighted by Gasteiger charge is -2.18. The minimum absolute atomic E-state index is 1.10. The highest BCUT2D eigenvalue weighted by Crippen LogP contribution is 2.41. The Morgan fingerprint density at radius 2 is 0.539 bits per heavy atom. The van der Waals surface area contributed by atoms with Crippen molar-refractivity contribution in [3.8, 4) is 50.4 Å². The molecular formula is C72H48N3Si. The Hall–Kier alpha value is -9.74. The fourth-order valence-corrected chi connectivity index (χ4v) is 14.7. The summed E-state index contributed by atoms with van der Waals surface area (Å²) in [5.41, 5.74) is 17.6. The van der Waals surface area contributed by atoms with Crippen LogP contribution in [-0.2, 0) is 0 Å². The Morgan fingerprint density at radius 3 is 1.08 bits per heavy atom. The summed E-state index contributed by atoms with van der Waals surface area (Å²) in [7, 11) is -1.23. The number of nitrogens with zero attached hydrogens (tertiary/aromatic N) is 3. The van der Waals surface area contributed by atoms with Crippen molar-refractivity contribution in [1.29, 1.82) is 0 Å². The molecule has 0 N–H and O–H groups in total. The lowest BCUT2D eigenvalue weighted by molar-refractivity contribution is 1.13. The Balaban J connectivity index is 0.915. The van der Waals surface area contributed by atoms with E-state index in [1.807, 2.05) is 0 Å². The summed E-state index contributed by atoms with van der Waals surface area (Å²) < 4.78 is 7.37. The lowest BCUT2D eigenvalue weighted by Crippen LogP contribution is -2.51. The first-order valence-electron chi connectivity index (χ1n) is 26.2. The van der Waals surface area contributed by atoms with E-state index in [-0.39, 0.29) is 0 Å². The van der Waals surface area contributed by atoms with Crippen LogP contribution in [0.5, 0.6) is 0 Å². The van der Waals surface area contributed by atoms with Gasteiger partial charge in [-0.1, -0.05) is 234 Å². The largest absolute Gasteiger partial charge is 0.309 e. The topological polar surface area (TPSA) is 14.8 Å². The Kier molecular flexibility index (Phi) is 10.4. The number of aromatic nitrogens is 3. The van der Waals surface area contributed by atoms with Crippen LogP contribution in [0.2, 0.25) is 0 Å². The molecule has 0 amide bonds. The van der Waals surface area contributed by atoms with Crippen LogP contribution in [0.3, 0.4) is 0 Å². The molecule has 15 rings (SSSR count). The Bertz CT molecular complexity index is 4590. The first kappa shape index (κ1) is 43.8. The quantitative estimate of drug-likeness (QED) is 0.101. The van der Waals surface area contributed by atoms with Gasteiger partial charge in [0.25, 0.3) is 0 Å². The maximum absolute atomic E-state index is 2.48. The first-order chi connectivity index (χ1) is 37.7. The van der Waals surface area contributed by atoms with Gasteiger partial charge in [-0.3, -0.25) is 0 Å². The fourth-order valence-electron chi connectivity index (χ4n) is 12.1. The molecule has 0 unspecified atom stereocenters. The van der Waals surface area contributed by atoms with Crippen molar-refractivity contribution in [3.05, 3.63) is 291 Å². The molecule has 0 saturated carbocycles. The van der Waals surface area contributed by atoms with Gasteiger partial charge in [-0.2, -0.15) is 0 Å². The zero-order chi connectivity index (χ0) is 50.1. The molecule has 4 heteroatoms. The maximum Gasteiger partial charge on any atom is 0.154 e. The van der Waals surface area contributed by atoms with E-state index in [0.29, 0.717) is 0 Å². The molecule has 0 bridgehead atoms. The third kappa shape index (κ3) is 7.25. The van der Waals surface area contributed by atoms with Gasteiger partial charge in [-0.15, -0.1) is 0 Å². The van der Waals surface area contributed by atoms with Crippen LogP contribution in [0.4, 0.5) is 0 Å². The van der Waals surface area contributed by atoms with E-state index >= 15 is 0 Å². The molecule has 0 saturated heterocycles. The summed E-state index contributed by atoms with van der Waals surface area (Å²) in [4.78, 5) is 0. The molecule has 0 aliphatic heterocycles. The zero-order valence-corrected chi connectivity index (χ0v) is 42.6. The predicted octanol–water partition coefficient (Wildman–Crippen LogP) is 16.5. The summed E-state index contributed by atoms with van der Waals surface area (Å²) in [6.45, 7) is 0. The van der Waals surface area contributed by atoms with Crippen molar-refractivity contribution in [3.63, 3.8) is 0 Å². The van der Waals surface area contributed by atoms with Crippen LogP contribution >= 0.6 is 0 Å². The van der Waals surface area contributed by atoms with Crippen molar-refractivity contribution in [2.75, 3.05) is 0 Å². The number of para-hydroxylation sites is 4. The summed E-state index contributed by atoms with van der Waals surface area (Å²) in [5, 5.41) is 11.5. The summed E-state index contributed by atoms with van der Waals surface area (Å²) in [6, 6.07) is 108. The van der Waals surface area contributed by atoms with Crippen molar-refractivity contribution in [2.45, 2.75) is 0 Å². The van der Waals surface area contributed by atoms with Gasteiger partial charge in [0.15, 0.2) is 8.80 Å². The van der Waals surface area contributed by atoms with E-state index in [1.165, 1.54) is 92.2 Å². The van der Waals surface area contributed by atoms with Gasteiger partial charge in [0.1, 0.15) is 0 Å². The van der Waals surface area contributed by atoms with E-state index in [4.69, 9.17) is 0 Å². The summed E-state index contributed by atoms with van der Waals surface area (Å²) in [6.07, 6.45) is 0. The van der Waals surface area contributed by atoms with E-state index in [0.717, 1.165) is 39.2 Å². The highest BCUT2D eigenvalue weighted by atomic mass is 28.3. The van der Waals surface area contributed by atoms with Gasteiger partial charge in [0.05, 0.1) is 33.1 Å². The molecule has 3 aromatic heterocycles. The molecule has 0 aliphatic rings. The third-order valence-corrected chi connectivity index (χ3v) is 18.2. The second-order valence-electron chi connectivity index (χ2n) is 19.9. The van der Waals surface area contributed by atoms with Crippen LogP contribution in [0, 0.1) is 0 Å². The first-order valence-corrected chi connectivity index (χ1v) is 27.7. The maximum atomic E-state index is 2.48.